The summed E-state index contributed by atoms with van der Waals surface area (Å²) in [5, 5.41) is 2.59. The molecule has 0 radical (unpaired) electrons. The largest absolute Gasteiger partial charge is 0.493 e. The summed E-state index contributed by atoms with van der Waals surface area (Å²) in [6, 6.07) is 7.15. The molecular formula is C18H17ClF3NO3. The van der Waals surface area contributed by atoms with Crippen LogP contribution in [0.5, 0.6) is 11.5 Å². The van der Waals surface area contributed by atoms with Crippen LogP contribution in [0.1, 0.15) is 29.3 Å². The van der Waals surface area contributed by atoms with E-state index in [0.29, 0.717) is 12.4 Å². The zero-order valence-electron chi connectivity index (χ0n) is 14.1. The lowest BCUT2D eigenvalue weighted by molar-refractivity contribution is -0.137. The van der Waals surface area contributed by atoms with Crippen LogP contribution < -0.4 is 14.8 Å². The highest BCUT2D eigenvalue weighted by molar-refractivity contribution is 6.32. The minimum absolute atomic E-state index is 0.0197. The number of benzene rings is 2. The van der Waals surface area contributed by atoms with E-state index in [1.807, 2.05) is 6.92 Å². The molecule has 0 aliphatic heterocycles. The SMILES string of the molecule is CCCOc1c(Cl)cc(C(=O)Nc2cccc(C(F)(F)F)c2)cc1OC. The number of halogens is 4. The number of nitrogens with one attached hydrogen (secondary N) is 1. The Labute approximate surface area is 153 Å². The molecule has 2 aromatic rings. The van der Waals surface area contributed by atoms with Crippen LogP contribution in [0.3, 0.4) is 0 Å². The summed E-state index contributed by atoms with van der Waals surface area (Å²) in [6.45, 7) is 2.35. The van der Waals surface area contributed by atoms with E-state index >= 15 is 0 Å². The average Bonchev–Trinajstić information content (AvgIpc) is 2.59. The van der Waals surface area contributed by atoms with Gasteiger partial charge in [0.05, 0.1) is 24.3 Å². The molecule has 1 N–H and O–H groups in total. The molecule has 0 heterocycles. The maximum absolute atomic E-state index is 12.8. The number of amides is 1. The maximum Gasteiger partial charge on any atom is 0.416 e. The van der Waals surface area contributed by atoms with Crippen molar-refractivity contribution in [2.45, 2.75) is 19.5 Å². The van der Waals surface area contributed by atoms with Gasteiger partial charge in [0.15, 0.2) is 11.5 Å². The zero-order chi connectivity index (χ0) is 19.3. The highest BCUT2D eigenvalue weighted by atomic mass is 35.5. The highest BCUT2D eigenvalue weighted by Gasteiger charge is 2.30. The van der Waals surface area contributed by atoms with Crippen LogP contribution in [0, 0.1) is 0 Å². The number of carbonyl (C=O) groups excluding carboxylic acids is 1. The fourth-order valence-electron chi connectivity index (χ4n) is 2.17. The van der Waals surface area contributed by atoms with E-state index < -0.39 is 17.6 Å². The Morgan fingerprint density at radius 1 is 1.23 bits per heavy atom. The minimum Gasteiger partial charge on any atom is -0.493 e. The van der Waals surface area contributed by atoms with Gasteiger partial charge in [0.2, 0.25) is 0 Å². The topological polar surface area (TPSA) is 47.6 Å². The second-order valence-electron chi connectivity index (χ2n) is 5.37. The first kappa shape index (κ1) is 19.9. The molecular weight excluding hydrogens is 371 g/mol. The molecule has 140 valence electrons. The van der Waals surface area contributed by atoms with Gasteiger partial charge in [-0.1, -0.05) is 24.6 Å². The minimum atomic E-state index is -4.49. The van der Waals surface area contributed by atoms with E-state index in [2.05, 4.69) is 5.32 Å². The molecule has 0 aromatic heterocycles. The molecule has 0 aliphatic rings. The summed E-state index contributed by atoms with van der Waals surface area (Å²) in [6.07, 6.45) is -3.73. The van der Waals surface area contributed by atoms with Crippen LogP contribution in [-0.2, 0) is 6.18 Å². The van der Waals surface area contributed by atoms with Gasteiger partial charge in [0.25, 0.3) is 5.91 Å². The van der Waals surface area contributed by atoms with Crippen molar-refractivity contribution in [1.82, 2.24) is 0 Å². The Morgan fingerprint density at radius 2 is 1.96 bits per heavy atom. The quantitative estimate of drug-likeness (QED) is 0.721. The van der Waals surface area contributed by atoms with Crippen molar-refractivity contribution in [3.05, 3.63) is 52.5 Å². The maximum atomic E-state index is 12.8. The van der Waals surface area contributed by atoms with Gasteiger partial charge in [0.1, 0.15) is 0 Å². The smallest absolute Gasteiger partial charge is 0.416 e. The Morgan fingerprint density at radius 3 is 2.58 bits per heavy atom. The average molecular weight is 388 g/mol. The summed E-state index contributed by atoms with van der Waals surface area (Å²) in [7, 11) is 1.40. The van der Waals surface area contributed by atoms with E-state index in [4.69, 9.17) is 21.1 Å². The summed E-state index contributed by atoms with van der Waals surface area (Å²) < 4.78 is 49.0. The predicted molar refractivity (Wildman–Crippen MR) is 93.2 cm³/mol. The summed E-state index contributed by atoms with van der Waals surface area (Å²) in [5.74, 6) is -0.0432. The number of methoxy groups -OCH3 is 1. The van der Waals surface area contributed by atoms with Gasteiger partial charge in [-0.2, -0.15) is 13.2 Å². The third-order valence-corrected chi connectivity index (χ3v) is 3.67. The Bertz CT molecular complexity index is 794. The van der Waals surface area contributed by atoms with Gasteiger partial charge < -0.3 is 14.8 Å². The second-order valence-corrected chi connectivity index (χ2v) is 5.78. The van der Waals surface area contributed by atoms with E-state index in [9.17, 15) is 18.0 Å². The number of ether oxygens (including phenoxy) is 2. The molecule has 2 aromatic carbocycles. The van der Waals surface area contributed by atoms with Crippen LogP contribution in [0.4, 0.5) is 18.9 Å². The van der Waals surface area contributed by atoms with Crippen molar-refractivity contribution in [2.24, 2.45) is 0 Å². The molecule has 0 saturated heterocycles. The van der Waals surface area contributed by atoms with Gasteiger partial charge in [-0.15, -0.1) is 0 Å². The molecule has 0 fully saturated rings. The third-order valence-electron chi connectivity index (χ3n) is 3.39. The molecule has 0 unspecified atom stereocenters. The van der Waals surface area contributed by atoms with Gasteiger partial charge in [-0.25, -0.2) is 0 Å². The summed E-state index contributed by atoms with van der Waals surface area (Å²) >= 11 is 6.15. The molecule has 0 aliphatic carbocycles. The molecule has 0 spiro atoms. The standard InChI is InChI=1S/C18H17ClF3NO3/c1-3-7-26-16-14(19)8-11(9-15(16)25-2)17(24)23-13-6-4-5-12(10-13)18(20,21)22/h4-6,8-10H,3,7H2,1-2H3,(H,23,24). The Hall–Kier alpha value is -2.41. The molecule has 1 amide bonds. The van der Waals surface area contributed by atoms with E-state index in [0.717, 1.165) is 18.6 Å². The van der Waals surface area contributed by atoms with Gasteiger partial charge in [0, 0.05) is 11.3 Å². The summed E-state index contributed by atoms with van der Waals surface area (Å²) in [5.41, 5.74) is -0.700. The number of anilines is 1. The van der Waals surface area contributed by atoms with Crippen LogP contribution in [0.15, 0.2) is 36.4 Å². The zero-order valence-corrected chi connectivity index (χ0v) is 14.9. The van der Waals surface area contributed by atoms with Crippen molar-refractivity contribution in [2.75, 3.05) is 19.0 Å². The molecule has 2 rings (SSSR count). The number of alkyl halides is 3. The van der Waals surface area contributed by atoms with Gasteiger partial charge in [-0.3, -0.25) is 4.79 Å². The first-order chi connectivity index (χ1) is 12.3. The Kier molecular flexibility index (Phi) is 6.37. The molecule has 0 bridgehead atoms. The molecule has 8 heteroatoms. The van der Waals surface area contributed by atoms with Crippen molar-refractivity contribution < 1.29 is 27.4 Å². The molecule has 0 saturated carbocycles. The monoisotopic (exact) mass is 387 g/mol. The van der Waals surface area contributed by atoms with E-state index in [-0.39, 0.29) is 22.0 Å². The highest BCUT2D eigenvalue weighted by Crippen LogP contribution is 2.37. The molecule has 0 atom stereocenters. The Balaban J connectivity index is 2.26. The normalized spacial score (nSPS) is 11.2. The van der Waals surface area contributed by atoms with E-state index in [1.165, 1.54) is 31.4 Å². The lowest BCUT2D eigenvalue weighted by Gasteiger charge is -2.14. The third kappa shape index (κ3) is 4.82. The first-order valence-electron chi connectivity index (χ1n) is 7.75. The number of hydrogen-bond donors (Lipinski definition) is 1. The number of rotatable bonds is 6. The van der Waals surface area contributed by atoms with Crippen LogP contribution >= 0.6 is 11.6 Å². The van der Waals surface area contributed by atoms with Crippen molar-refractivity contribution in [3.63, 3.8) is 0 Å². The van der Waals surface area contributed by atoms with Crippen molar-refractivity contribution in [1.29, 1.82) is 0 Å². The second kappa shape index (κ2) is 8.31. The molecule has 26 heavy (non-hydrogen) atoms. The lowest BCUT2D eigenvalue weighted by Crippen LogP contribution is -2.13. The summed E-state index contributed by atoms with van der Waals surface area (Å²) in [4.78, 5) is 12.4. The fraction of sp³-hybridized carbons (Fsp3) is 0.278. The number of hydrogen-bond acceptors (Lipinski definition) is 3. The lowest BCUT2D eigenvalue weighted by atomic mass is 10.1. The first-order valence-corrected chi connectivity index (χ1v) is 8.13. The van der Waals surface area contributed by atoms with Crippen molar-refractivity contribution in [3.8, 4) is 11.5 Å². The van der Waals surface area contributed by atoms with Crippen LogP contribution in [0.2, 0.25) is 5.02 Å². The van der Waals surface area contributed by atoms with Crippen LogP contribution in [0.25, 0.3) is 0 Å². The van der Waals surface area contributed by atoms with Crippen molar-refractivity contribution >= 4 is 23.2 Å². The molecule has 4 nitrogen and oxygen atoms in total. The number of carbonyl (C=O) groups is 1. The predicted octanol–water partition coefficient (Wildman–Crippen LogP) is 5.41. The fourth-order valence-corrected chi connectivity index (χ4v) is 2.44. The van der Waals surface area contributed by atoms with Crippen LogP contribution in [-0.4, -0.2) is 19.6 Å². The van der Waals surface area contributed by atoms with Gasteiger partial charge in [-0.05, 0) is 36.8 Å². The van der Waals surface area contributed by atoms with E-state index in [1.54, 1.807) is 0 Å². The van der Waals surface area contributed by atoms with Gasteiger partial charge >= 0.3 is 6.18 Å².